The quantitative estimate of drug-likeness (QED) is 0.843. The molecule has 0 bridgehead atoms. The molecule has 1 aromatic carbocycles. The maximum absolute atomic E-state index is 11.9. The predicted octanol–water partition coefficient (Wildman–Crippen LogP) is 2.45. The van der Waals surface area contributed by atoms with Gasteiger partial charge in [-0.2, -0.15) is 0 Å². The second-order valence-electron chi connectivity index (χ2n) is 4.52. The van der Waals surface area contributed by atoms with E-state index in [-0.39, 0.29) is 30.7 Å². The largest absolute Gasteiger partial charge is 0.467 e. The zero-order chi connectivity index (χ0) is 14.4. The van der Waals surface area contributed by atoms with Gasteiger partial charge in [0.2, 0.25) is 0 Å². The Balaban J connectivity index is 0.00000220. The van der Waals surface area contributed by atoms with E-state index in [9.17, 15) is 4.79 Å². The van der Waals surface area contributed by atoms with Crippen LogP contribution in [0.1, 0.15) is 16.1 Å². The van der Waals surface area contributed by atoms with Crippen LogP contribution in [-0.4, -0.2) is 26.0 Å². The zero-order valence-electron chi connectivity index (χ0n) is 12.3. The van der Waals surface area contributed by atoms with Crippen LogP contribution >= 0.6 is 24.8 Å². The molecular weight excluding hydrogens is 325 g/mol. The minimum Gasteiger partial charge on any atom is -0.467 e. The van der Waals surface area contributed by atoms with Crippen molar-refractivity contribution in [2.24, 2.45) is 5.73 Å². The Kier molecular flexibility index (Phi) is 9.33. The fourth-order valence-electron chi connectivity index (χ4n) is 1.86. The number of furan rings is 1. The smallest absolute Gasteiger partial charge is 0.254 e. The van der Waals surface area contributed by atoms with Crippen molar-refractivity contribution in [1.82, 2.24) is 5.32 Å². The third-order valence-electron chi connectivity index (χ3n) is 3.05. The van der Waals surface area contributed by atoms with Gasteiger partial charge in [0.05, 0.1) is 12.1 Å². The highest BCUT2D eigenvalue weighted by Crippen LogP contribution is 2.10. The van der Waals surface area contributed by atoms with Crippen molar-refractivity contribution in [2.75, 3.05) is 25.0 Å². The Morgan fingerprint density at radius 2 is 1.95 bits per heavy atom. The predicted molar refractivity (Wildman–Crippen MR) is 93.1 cm³/mol. The Bertz CT molecular complexity index is 561. The van der Waals surface area contributed by atoms with Crippen molar-refractivity contribution in [3.63, 3.8) is 0 Å². The fourth-order valence-corrected chi connectivity index (χ4v) is 1.86. The molecule has 1 heterocycles. The van der Waals surface area contributed by atoms with Crippen LogP contribution < -0.4 is 16.0 Å². The number of benzene rings is 1. The molecule has 5 nitrogen and oxygen atoms in total. The van der Waals surface area contributed by atoms with Gasteiger partial charge in [0.1, 0.15) is 12.0 Å². The summed E-state index contributed by atoms with van der Waals surface area (Å²) in [6.45, 7) is 1.59. The third-order valence-corrected chi connectivity index (χ3v) is 3.05. The molecule has 122 valence electrons. The minimum atomic E-state index is -0.144. The van der Waals surface area contributed by atoms with Gasteiger partial charge in [-0.15, -0.1) is 24.8 Å². The topological polar surface area (TPSA) is 71.5 Å². The lowest BCUT2D eigenvalue weighted by Crippen LogP contribution is -2.32. The van der Waals surface area contributed by atoms with Crippen LogP contribution in [0.2, 0.25) is 0 Å². The molecule has 0 radical (unpaired) electrons. The first-order valence-electron chi connectivity index (χ1n) is 6.52. The van der Waals surface area contributed by atoms with Crippen molar-refractivity contribution in [1.29, 1.82) is 0 Å². The highest BCUT2D eigenvalue weighted by atomic mass is 35.5. The van der Waals surface area contributed by atoms with E-state index < -0.39 is 0 Å². The molecule has 0 saturated carbocycles. The summed E-state index contributed by atoms with van der Waals surface area (Å²) in [6, 6.07) is 11.7. The molecule has 3 N–H and O–H groups in total. The maximum atomic E-state index is 11.9. The standard InChI is InChI=1S/C15H19N3O2.2ClH/c1-18(13-5-3-2-4-6-13)8-7-17-15(19)12-9-14(10-16)20-11-12;;/h2-6,9,11H,7-8,10,16H2,1H3,(H,17,19);2*1H. The Morgan fingerprint density at radius 1 is 1.27 bits per heavy atom. The molecular formula is C15H21Cl2N3O2. The number of nitrogens with two attached hydrogens (primary N) is 1. The van der Waals surface area contributed by atoms with E-state index in [1.54, 1.807) is 6.07 Å². The molecule has 0 spiro atoms. The van der Waals surface area contributed by atoms with E-state index in [0.717, 1.165) is 12.2 Å². The van der Waals surface area contributed by atoms with Gasteiger partial charge in [-0.1, -0.05) is 18.2 Å². The fraction of sp³-hybridized carbons (Fsp3) is 0.267. The number of nitrogens with zero attached hydrogens (tertiary/aromatic N) is 1. The van der Waals surface area contributed by atoms with Crippen molar-refractivity contribution < 1.29 is 9.21 Å². The van der Waals surface area contributed by atoms with Crippen molar-refractivity contribution in [2.45, 2.75) is 6.54 Å². The number of rotatable bonds is 6. The van der Waals surface area contributed by atoms with Gasteiger partial charge in [-0.3, -0.25) is 4.79 Å². The summed E-state index contributed by atoms with van der Waals surface area (Å²) in [5.74, 6) is 0.464. The summed E-state index contributed by atoms with van der Waals surface area (Å²) < 4.78 is 5.14. The third kappa shape index (κ3) is 5.60. The second-order valence-corrected chi connectivity index (χ2v) is 4.52. The average Bonchev–Trinajstić information content (AvgIpc) is 2.97. The number of nitrogens with one attached hydrogen (secondary N) is 1. The number of amides is 1. The lowest BCUT2D eigenvalue weighted by molar-refractivity contribution is 0.0954. The van der Waals surface area contributed by atoms with Crippen LogP contribution in [0, 0.1) is 0 Å². The highest BCUT2D eigenvalue weighted by Gasteiger charge is 2.09. The summed E-state index contributed by atoms with van der Waals surface area (Å²) in [5, 5.41) is 2.86. The first kappa shape index (κ1) is 20.3. The Hall–Kier alpha value is -1.69. The molecule has 1 aromatic heterocycles. The summed E-state index contributed by atoms with van der Waals surface area (Å²) in [5.41, 5.74) is 7.06. The lowest BCUT2D eigenvalue weighted by Gasteiger charge is -2.19. The van der Waals surface area contributed by atoms with Crippen LogP contribution in [0.25, 0.3) is 0 Å². The number of hydrogen-bond acceptors (Lipinski definition) is 4. The molecule has 2 rings (SSSR count). The van der Waals surface area contributed by atoms with Gasteiger partial charge in [-0.25, -0.2) is 0 Å². The maximum Gasteiger partial charge on any atom is 0.254 e. The second kappa shape index (κ2) is 10.1. The monoisotopic (exact) mass is 345 g/mol. The number of likely N-dealkylation sites (N-methyl/N-ethyl adjacent to an activating group) is 1. The number of halogens is 2. The van der Waals surface area contributed by atoms with Crippen molar-refractivity contribution in [3.05, 3.63) is 54.0 Å². The molecule has 0 aliphatic rings. The Morgan fingerprint density at radius 3 is 2.55 bits per heavy atom. The van der Waals surface area contributed by atoms with Crippen LogP contribution in [0.3, 0.4) is 0 Å². The molecule has 0 atom stereocenters. The number of anilines is 1. The molecule has 0 unspecified atom stereocenters. The van der Waals surface area contributed by atoms with Crippen LogP contribution in [0.5, 0.6) is 0 Å². The van der Waals surface area contributed by atoms with Gasteiger partial charge < -0.3 is 20.4 Å². The van der Waals surface area contributed by atoms with Gasteiger partial charge in [0.15, 0.2) is 0 Å². The van der Waals surface area contributed by atoms with Crippen molar-refractivity contribution in [3.8, 4) is 0 Å². The molecule has 2 aromatic rings. The number of carbonyl (C=O) groups is 1. The summed E-state index contributed by atoms with van der Waals surface area (Å²) in [6.07, 6.45) is 1.43. The molecule has 0 saturated heterocycles. The first-order chi connectivity index (χ1) is 9.70. The number of para-hydroxylation sites is 1. The van der Waals surface area contributed by atoms with Crippen molar-refractivity contribution >= 4 is 36.4 Å². The van der Waals surface area contributed by atoms with Crippen LogP contribution in [0.4, 0.5) is 5.69 Å². The van der Waals surface area contributed by atoms with Crippen LogP contribution in [-0.2, 0) is 6.54 Å². The van der Waals surface area contributed by atoms with E-state index in [1.807, 2.05) is 37.4 Å². The first-order valence-corrected chi connectivity index (χ1v) is 6.52. The average molecular weight is 346 g/mol. The zero-order valence-corrected chi connectivity index (χ0v) is 14.0. The van der Waals surface area contributed by atoms with E-state index in [4.69, 9.17) is 10.2 Å². The van der Waals surface area contributed by atoms with Gasteiger partial charge in [-0.05, 0) is 18.2 Å². The highest BCUT2D eigenvalue weighted by molar-refractivity contribution is 5.93. The molecule has 1 amide bonds. The minimum absolute atomic E-state index is 0. The summed E-state index contributed by atoms with van der Waals surface area (Å²) >= 11 is 0. The number of carbonyl (C=O) groups excluding carboxylic acids is 1. The summed E-state index contributed by atoms with van der Waals surface area (Å²) in [7, 11) is 1.99. The van der Waals surface area contributed by atoms with Gasteiger partial charge >= 0.3 is 0 Å². The molecule has 0 fully saturated rings. The number of hydrogen-bond donors (Lipinski definition) is 2. The van der Waals surface area contributed by atoms with E-state index >= 15 is 0 Å². The van der Waals surface area contributed by atoms with E-state index in [2.05, 4.69) is 10.2 Å². The van der Waals surface area contributed by atoms with Gasteiger partial charge in [0.25, 0.3) is 5.91 Å². The summed E-state index contributed by atoms with van der Waals surface area (Å²) in [4.78, 5) is 13.9. The SMILES string of the molecule is CN(CCNC(=O)c1coc(CN)c1)c1ccccc1.Cl.Cl. The van der Waals surface area contributed by atoms with Gasteiger partial charge in [0, 0.05) is 25.8 Å². The Labute approximate surface area is 142 Å². The van der Waals surface area contributed by atoms with Crippen LogP contribution in [0.15, 0.2) is 47.1 Å². The normalized spacial score (nSPS) is 9.36. The lowest BCUT2D eigenvalue weighted by atomic mass is 10.3. The van der Waals surface area contributed by atoms with E-state index in [0.29, 0.717) is 24.4 Å². The molecule has 22 heavy (non-hydrogen) atoms. The molecule has 7 heteroatoms. The molecule has 0 aliphatic heterocycles. The van der Waals surface area contributed by atoms with E-state index in [1.165, 1.54) is 6.26 Å². The molecule has 0 aliphatic carbocycles.